The second-order valence-electron chi connectivity index (χ2n) is 5.17. The highest BCUT2D eigenvalue weighted by Crippen LogP contribution is 2.32. The summed E-state index contributed by atoms with van der Waals surface area (Å²) < 4.78 is 41.5. The summed E-state index contributed by atoms with van der Waals surface area (Å²) >= 11 is 0. The highest BCUT2D eigenvalue weighted by atomic mass is 19.4. The highest BCUT2D eigenvalue weighted by Gasteiger charge is 2.32. The van der Waals surface area contributed by atoms with Crippen molar-refractivity contribution in [3.63, 3.8) is 0 Å². The van der Waals surface area contributed by atoms with Gasteiger partial charge in [0.1, 0.15) is 5.75 Å². The number of para-hydroxylation sites is 1. The lowest BCUT2D eigenvalue weighted by Crippen LogP contribution is -2.24. The Kier molecular flexibility index (Phi) is 6.33. The number of benzene rings is 1. The Labute approximate surface area is 118 Å². The first-order valence-corrected chi connectivity index (χ1v) is 6.91. The molecular formula is C15H22F3NO. The molecule has 5 heteroatoms. The molecule has 20 heavy (non-hydrogen) atoms. The Bertz CT molecular complexity index is 404. The van der Waals surface area contributed by atoms with Crippen LogP contribution in [0.25, 0.3) is 0 Å². The van der Waals surface area contributed by atoms with E-state index < -0.39 is 6.36 Å². The van der Waals surface area contributed by atoms with Crippen LogP contribution in [0.3, 0.4) is 0 Å². The van der Waals surface area contributed by atoms with Gasteiger partial charge in [0, 0.05) is 11.6 Å². The largest absolute Gasteiger partial charge is 0.573 e. The van der Waals surface area contributed by atoms with Crippen LogP contribution in [0, 0.1) is 5.92 Å². The van der Waals surface area contributed by atoms with E-state index in [1.807, 2.05) is 6.92 Å². The molecule has 0 fully saturated rings. The van der Waals surface area contributed by atoms with Crippen molar-refractivity contribution in [3.05, 3.63) is 29.8 Å². The van der Waals surface area contributed by atoms with E-state index in [9.17, 15) is 13.2 Å². The average Bonchev–Trinajstić information content (AvgIpc) is 2.33. The smallest absolute Gasteiger partial charge is 0.405 e. The Hall–Kier alpha value is -1.23. The summed E-state index contributed by atoms with van der Waals surface area (Å²) in [6.07, 6.45) is -2.94. The van der Waals surface area contributed by atoms with E-state index in [0.717, 1.165) is 12.8 Å². The van der Waals surface area contributed by atoms with E-state index in [2.05, 4.69) is 23.9 Å². The van der Waals surface area contributed by atoms with Crippen molar-refractivity contribution in [3.8, 4) is 5.75 Å². The Balaban J connectivity index is 2.94. The van der Waals surface area contributed by atoms with Gasteiger partial charge in [0.2, 0.25) is 0 Å². The van der Waals surface area contributed by atoms with E-state index in [1.54, 1.807) is 18.2 Å². The van der Waals surface area contributed by atoms with Crippen LogP contribution in [-0.2, 0) is 0 Å². The first kappa shape index (κ1) is 16.8. The lowest BCUT2D eigenvalue weighted by atomic mass is 9.97. The molecule has 0 aliphatic heterocycles. The highest BCUT2D eigenvalue weighted by molar-refractivity contribution is 5.36. The molecule has 0 amide bonds. The normalized spacial score (nSPS) is 13.6. The van der Waals surface area contributed by atoms with E-state index >= 15 is 0 Å². The molecule has 0 bridgehead atoms. The van der Waals surface area contributed by atoms with Gasteiger partial charge in [-0.25, -0.2) is 0 Å². The number of hydrogen-bond donors (Lipinski definition) is 1. The summed E-state index contributed by atoms with van der Waals surface area (Å²) in [6, 6.07) is 6.21. The van der Waals surface area contributed by atoms with Crippen molar-refractivity contribution in [1.29, 1.82) is 0 Å². The van der Waals surface area contributed by atoms with Gasteiger partial charge in [0.05, 0.1) is 0 Å². The van der Waals surface area contributed by atoms with Crippen molar-refractivity contribution in [2.75, 3.05) is 6.54 Å². The minimum absolute atomic E-state index is 0.116. The third-order valence-electron chi connectivity index (χ3n) is 3.00. The Morgan fingerprint density at radius 2 is 1.80 bits per heavy atom. The van der Waals surface area contributed by atoms with Gasteiger partial charge < -0.3 is 10.1 Å². The van der Waals surface area contributed by atoms with Crippen LogP contribution in [0.5, 0.6) is 5.75 Å². The minimum Gasteiger partial charge on any atom is -0.405 e. The Morgan fingerprint density at radius 3 is 2.35 bits per heavy atom. The molecular weight excluding hydrogens is 267 g/mol. The first-order chi connectivity index (χ1) is 9.33. The lowest BCUT2D eigenvalue weighted by molar-refractivity contribution is -0.275. The summed E-state index contributed by atoms with van der Waals surface area (Å²) in [7, 11) is 0. The van der Waals surface area contributed by atoms with E-state index in [-0.39, 0.29) is 11.8 Å². The molecule has 1 N–H and O–H groups in total. The molecule has 0 aliphatic carbocycles. The minimum atomic E-state index is -4.66. The van der Waals surface area contributed by atoms with E-state index in [4.69, 9.17) is 0 Å². The predicted octanol–water partition coefficient (Wildman–Crippen LogP) is 4.67. The fraction of sp³-hybridized carbons (Fsp3) is 0.600. The molecule has 0 aromatic heterocycles. The van der Waals surface area contributed by atoms with Crippen LogP contribution in [0.2, 0.25) is 0 Å². The second-order valence-corrected chi connectivity index (χ2v) is 5.17. The molecule has 1 atom stereocenters. The Morgan fingerprint density at radius 1 is 1.15 bits per heavy atom. The van der Waals surface area contributed by atoms with Gasteiger partial charge in [-0.2, -0.15) is 0 Å². The molecule has 1 aromatic carbocycles. The van der Waals surface area contributed by atoms with Gasteiger partial charge in [0.15, 0.2) is 0 Å². The van der Waals surface area contributed by atoms with E-state index in [0.29, 0.717) is 18.0 Å². The molecule has 0 aliphatic rings. The first-order valence-electron chi connectivity index (χ1n) is 6.91. The molecule has 114 valence electrons. The fourth-order valence-corrected chi connectivity index (χ4v) is 2.10. The molecule has 0 radical (unpaired) electrons. The van der Waals surface area contributed by atoms with Gasteiger partial charge >= 0.3 is 6.36 Å². The van der Waals surface area contributed by atoms with Crippen LogP contribution < -0.4 is 10.1 Å². The zero-order valence-corrected chi connectivity index (χ0v) is 12.1. The molecule has 0 saturated heterocycles. The van der Waals surface area contributed by atoms with Crippen molar-refractivity contribution in [2.24, 2.45) is 5.92 Å². The van der Waals surface area contributed by atoms with Gasteiger partial charge in [-0.05, 0) is 31.4 Å². The van der Waals surface area contributed by atoms with Crippen molar-refractivity contribution >= 4 is 0 Å². The van der Waals surface area contributed by atoms with E-state index in [1.165, 1.54) is 6.07 Å². The van der Waals surface area contributed by atoms with Gasteiger partial charge in [0.25, 0.3) is 0 Å². The molecule has 2 nitrogen and oxygen atoms in total. The summed E-state index contributed by atoms with van der Waals surface area (Å²) in [6.45, 7) is 6.83. The quantitative estimate of drug-likeness (QED) is 0.787. The maximum atomic E-state index is 12.4. The maximum absolute atomic E-state index is 12.4. The van der Waals surface area contributed by atoms with Crippen LogP contribution in [0.15, 0.2) is 24.3 Å². The molecule has 1 aromatic rings. The predicted molar refractivity (Wildman–Crippen MR) is 73.6 cm³/mol. The zero-order chi connectivity index (χ0) is 15.2. The third kappa shape index (κ3) is 5.82. The number of rotatable bonds is 7. The number of halogens is 3. The second kappa shape index (κ2) is 7.53. The molecule has 0 spiro atoms. The number of nitrogens with one attached hydrogen (secondary N) is 1. The standard InChI is InChI=1S/C15H22F3NO/c1-4-19-13(10-9-11(2)3)12-7-5-6-8-14(12)20-15(16,17)18/h5-8,11,13,19H,4,9-10H2,1-3H3. The van der Waals surface area contributed by atoms with Gasteiger partial charge in [-0.15, -0.1) is 13.2 Å². The third-order valence-corrected chi connectivity index (χ3v) is 3.00. The number of alkyl halides is 3. The number of hydrogen-bond acceptors (Lipinski definition) is 2. The summed E-state index contributed by atoms with van der Waals surface area (Å²) in [5, 5.41) is 3.23. The molecule has 0 saturated carbocycles. The zero-order valence-electron chi connectivity index (χ0n) is 12.1. The molecule has 1 unspecified atom stereocenters. The van der Waals surface area contributed by atoms with Crippen LogP contribution >= 0.6 is 0 Å². The summed E-state index contributed by atoms with van der Waals surface area (Å²) in [5.41, 5.74) is 0.562. The van der Waals surface area contributed by atoms with Gasteiger partial charge in [-0.3, -0.25) is 0 Å². The maximum Gasteiger partial charge on any atom is 0.573 e. The monoisotopic (exact) mass is 289 g/mol. The van der Waals surface area contributed by atoms with Crippen LogP contribution in [-0.4, -0.2) is 12.9 Å². The average molecular weight is 289 g/mol. The van der Waals surface area contributed by atoms with Crippen LogP contribution in [0.4, 0.5) is 13.2 Å². The van der Waals surface area contributed by atoms with Crippen molar-refractivity contribution < 1.29 is 17.9 Å². The van der Waals surface area contributed by atoms with Crippen molar-refractivity contribution in [2.45, 2.75) is 46.0 Å². The fourth-order valence-electron chi connectivity index (χ4n) is 2.10. The van der Waals surface area contributed by atoms with Crippen LogP contribution in [0.1, 0.15) is 45.2 Å². The SMILES string of the molecule is CCNC(CCC(C)C)c1ccccc1OC(F)(F)F. The topological polar surface area (TPSA) is 21.3 Å². The molecule has 1 rings (SSSR count). The summed E-state index contributed by atoms with van der Waals surface area (Å²) in [4.78, 5) is 0. The molecule has 0 heterocycles. The summed E-state index contributed by atoms with van der Waals surface area (Å²) in [5.74, 6) is 0.390. The van der Waals surface area contributed by atoms with Crippen molar-refractivity contribution in [1.82, 2.24) is 5.32 Å². The lowest BCUT2D eigenvalue weighted by Gasteiger charge is -2.22. The number of ether oxygens (including phenoxy) is 1. The van der Waals surface area contributed by atoms with Gasteiger partial charge in [-0.1, -0.05) is 39.0 Å².